The van der Waals surface area contributed by atoms with Gasteiger partial charge in [0.1, 0.15) is 0 Å². The molecule has 1 N–H and O–H groups in total. The van der Waals surface area contributed by atoms with Crippen LogP contribution in [0.2, 0.25) is 0 Å². The zero-order chi connectivity index (χ0) is 16.5. The normalized spacial score (nSPS) is 27.4. The standard InChI is InChI=1S/C20H23NOS2/c1-13(17-11-14-6-7-15(17)10-14)21-20(22)18(19-5-3-9-24-19)12-16-4-2-8-23-16/h2-5,8-9,12-15,17H,6-7,10-11H2,1H3,(H,21,22)/b18-12+. The monoisotopic (exact) mass is 357 g/mol. The first kappa shape index (κ1) is 16.1. The van der Waals surface area contributed by atoms with E-state index >= 15 is 0 Å². The maximum absolute atomic E-state index is 13.0. The Bertz CT molecular complexity index is 717. The van der Waals surface area contributed by atoms with Gasteiger partial charge >= 0.3 is 0 Å². The van der Waals surface area contributed by atoms with E-state index < -0.39 is 0 Å². The van der Waals surface area contributed by atoms with E-state index in [2.05, 4.69) is 18.3 Å². The van der Waals surface area contributed by atoms with Crippen molar-refractivity contribution in [1.82, 2.24) is 5.32 Å². The van der Waals surface area contributed by atoms with Gasteiger partial charge in [-0.2, -0.15) is 0 Å². The molecule has 2 saturated carbocycles. The summed E-state index contributed by atoms with van der Waals surface area (Å²) in [6.45, 7) is 2.19. The van der Waals surface area contributed by atoms with Gasteiger partial charge < -0.3 is 5.32 Å². The molecule has 0 saturated heterocycles. The van der Waals surface area contributed by atoms with Crippen molar-refractivity contribution >= 4 is 40.2 Å². The first-order chi connectivity index (χ1) is 11.7. The molecular weight excluding hydrogens is 334 g/mol. The Labute approximate surface area is 151 Å². The Morgan fingerprint density at radius 3 is 2.67 bits per heavy atom. The molecular formula is C20H23NOS2. The molecule has 2 aliphatic carbocycles. The lowest BCUT2D eigenvalue weighted by Crippen LogP contribution is -2.40. The van der Waals surface area contributed by atoms with Gasteiger partial charge in [-0.15, -0.1) is 22.7 Å². The van der Waals surface area contributed by atoms with Crippen LogP contribution in [0.1, 0.15) is 42.4 Å². The summed E-state index contributed by atoms with van der Waals surface area (Å²) in [7, 11) is 0. The molecule has 0 spiro atoms. The summed E-state index contributed by atoms with van der Waals surface area (Å²) in [5, 5.41) is 7.39. The topological polar surface area (TPSA) is 29.1 Å². The van der Waals surface area contributed by atoms with Crippen LogP contribution in [0.5, 0.6) is 0 Å². The van der Waals surface area contributed by atoms with Gasteiger partial charge in [-0.25, -0.2) is 0 Å². The van der Waals surface area contributed by atoms with Crippen molar-refractivity contribution in [1.29, 1.82) is 0 Å². The summed E-state index contributed by atoms with van der Waals surface area (Å²) in [5.74, 6) is 2.48. The minimum atomic E-state index is 0.0705. The zero-order valence-electron chi connectivity index (χ0n) is 13.9. The van der Waals surface area contributed by atoms with Crippen LogP contribution in [0.3, 0.4) is 0 Å². The Morgan fingerprint density at radius 2 is 2.04 bits per heavy atom. The molecule has 2 aliphatic rings. The van der Waals surface area contributed by atoms with E-state index in [1.54, 1.807) is 22.7 Å². The van der Waals surface area contributed by atoms with Gasteiger partial charge in [-0.1, -0.05) is 18.6 Å². The largest absolute Gasteiger partial charge is 0.349 e. The van der Waals surface area contributed by atoms with Gasteiger partial charge in [0.05, 0.1) is 5.57 Å². The number of amides is 1. The van der Waals surface area contributed by atoms with E-state index in [4.69, 9.17) is 0 Å². The van der Waals surface area contributed by atoms with Crippen molar-refractivity contribution in [3.8, 4) is 0 Å². The highest BCUT2D eigenvalue weighted by atomic mass is 32.1. The van der Waals surface area contributed by atoms with Crippen LogP contribution < -0.4 is 5.32 Å². The second-order valence-electron chi connectivity index (χ2n) is 7.15. The van der Waals surface area contributed by atoms with Gasteiger partial charge in [0.25, 0.3) is 5.91 Å². The number of hydrogen-bond donors (Lipinski definition) is 1. The number of carbonyl (C=O) groups excluding carboxylic acids is 1. The van der Waals surface area contributed by atoms with Gasteiger partial charge in [0, 0.05) is 15.8 Å². The Hall–Kier alpha value is -1.39. The van der Waals surface area contributed by atoms with Crippen LogP contribution >= 0.6 is 22.7 Å². The Balaban J connectivity index is 1.51. The molecule has 4 heteroatoms. The molecule has 2 heterocycles. The minimum absolute atomic E-state index is 0.0705. The van der Waals surface area contributed by atoms with Crippen molar-refractivity contribution in [3.05, 3.63) is 44.8 Å². The maximum atomic E-state index is 13.0. The van der Waals surface area contributed by atoms with E-state index in [1.165, 1.54) is 25.7 Å². The molecule has 0 aliphatic heterocycles. The first-order valence-electron chi connectivity index (χ1n) is 8.80. The maximum Gasteiger partial charge on any atom is 0.252 e. The number of thiophene rings is 2. The molecule has 2 fully saturated rings. The molecule has 0 radical (unpaired) electrons. The van der Waals surface area contributed by atoms with Crippen LogP contribution in [0.4, 0.5) is 0 Å². The van der Waals surface area contributed by atoms with Crippen LogP contribution in [0.15, 0.2) is 35.0 Å². The van der Waals surface area contributed by atoms with E-state index in [1.807, 2.05) is 35.0 Å². The van der Waals surface area contributed by atoms with Crippen molar-refractivity contribution in [3.63, 3.8) is 0 Å². The summed E-state index contributed by atoms with van der Waals surface area (Å²) in [6, 6.07) is 8.39. The summed E-state index contributed by atoms with van der Waals surface area (Å²) in [4.78, 5) is 15.1. The van der Waals surface area contributed by atoms with Crippen molar-refractivity contribution in [2.75, 3.05) is 0 Å². The third kappa shape index (κ3) is 3.22. The SMILES string of the molecule is CC(NC(=O)/C(=C/c1cccs1)c1cccs1)C1CC2CCC1C2. The van der Waals surface area contributed by atoms with E-state index in [0.717, 1.165) is 27.2 Å². The number of nitrogens with one attached hydrogen (secondary N) is 1. The molecule has 2 aromatic heterocycles. The molecule has 1 amide bonds. The summed E-state index contributed by atoms with van der Waals surface area (Å²) < 4.78 is 0. The summed E-state index contributed by atoms with van der Waals surface area (Å²) >= 11 is 3.30. The molecule has 2 nitrogen and oxygen atoms in total. The second kappa shape index (κ2) is 6.85. The summed E-state index contributed by atoms with van der Waals surface area (Å²) in [5.41, 5.74) is 0.794. The molecule has 4 atom stereocenters. The van der Waals surface area contributed by atoms with Crippen LogP contribution in [-0.2, 0) is 4.79 Å². The van der Waals surface area contributed by atoms with Gasteiger partial charge in [-0.05, 0) is 72.9 Å². The van der Waals surface area contributed by atoms with Crippen LogP contribution in [0.25, 0.3) is 11.6 Å². The highest BCUT2D eigenvalue weighted by Crippen LogP contribution is 2.49. The average Bonchev–Trinajstić information content (AvgIpc) is 3.37. The van der Waals surface area contributed by atoms with Crippen molar-refractivity contribution in [2.45, 2.75) is 38.6 Å². The quantitative estimate of drug-likeness (QED) is 0.724. The lowest BCUT2D eigenvalue weighted by Gasteiger charge is -2.28. The molecule has 4 unspecified atom stereocenters. The van der Waals surface area contributed by atoms with Gasteiger partial charge in [-0.3, -0.25) is 4.79 Å². The smallest absolute Gasteiger partial charge is 0.252 e. The van der Waals surface area contributed by atoms with E-state index in [0.29, 0.717) is 5.92 Å². The summed E-state index contributed by atoms with van der Waals surface area (Å²) in [6.07, 6.45) is 7.47. The highest BCUT2D eigenvalue weighted by Gasteiger charge is 2.42. The number of hydrogen-bond acceptors (Lipinski definition) is 3. The van der Waals surface area contributed by atoms with E-state index in [9.17, 15) is 4.79 Å². The van der Waals surface area contributed by atoms with Crippen molar-refractivity contribution < 1.29 is 4.79 Å². The van der Waals surface area contributed by atoms with Crippen LogP contribution in [0, 0.1) is 17.8 Å². The van der Waals surface area contributed by atoms with Gasteiger partial charge in [0.15, 0.2) is 0 Å². The third-order valence-electron chi connectivity index (χ3n) is 5.65. The fraction of sp³-hybridized carbons (Fsp3) is 0.450. The molecule has 2 aromatic rings. The highest BCUT2D eigenvalue weighted by molar-refractivity contribution is 7.12. The predicted octanol–water partition coefficient (Wildman–Crippen LogP) is 5.29. The number of carbonyl (C=O) groups is 1. The van der Waals surface area contributed by atoms with E-state index in [-0.39, 0.29) is 11.9 Å². The zero-order valence-corrected chi connectivity index (χ0v) is 15.5. The molecule has 4 rings (SSSR count). The lowest BCUT2D eigenvalue weighted by atomic mass is 9.84. The van der Waals surface area contributed by atoms with Crippen molar-refractivity contribution in [2.24, 2.45) is 17.8 Å². The number of rotatable bonds is 5. The fourth-order valence-corrected chi connectivity index (χ4v) is 5.89. The third-order valence-corrected chi connectivity index (χ3v) is 7.38. The lowest BCUT2D eigenvalue weighted by molar-refractivity contribution is -0.116. The average molecular weight is 358 g/mol. The first-order valence-corrected chi connectivity index (χ1v) is 10.6. The molecule has 0 aromatic carbocycles. The minimum Gasteiger partial charge on any atom is -0.349 e. The molecule has 126 valence electrons. The fourth-order valence-electron chi connectivity index (χ4n) is 4.49. The van der Waals surface area contributed by atoms with Gasteiger partial charge in [0.2, 0.25) is 0 Å². The molecule has 2 bridgehead atoms. The second-order valence-corrected chi connectivity index (χ2v) is 9.08. The van der Waals surface area contributed by atoms with Crippen LogP contribution in [-0.4, -0.2) is 11.9 Å². The Kier molecular flexibility index (Phi) is 4.59. The number of fused-ring (bicyclic) bond motifs is 2. The predicted molar refractivity (Wildman–Crippen MR) is 103 cm³/mol. The molecule has 24 heavy (non-hydrogen) atoms. The Morgan fingerprint density at radius 1 is 1.21 bits per heavy atom.